The average Bonchev–Trinajstić information content (AvgIpc) is 3.00. The second kappa shape index (κ2) is 10.3. The molecule has 9 nitrogen and oxygen atoms in total. The van der Waals surface area contributed by atoms with Crippen LogP contribution >= 0.6 is 0 Å². The number of aliphatic hydroxyl groups is 5. The van der Waals surface area contributed by atoms with Gasteiger partial charge in [0.15, 0.2) is 0 Å². The van der Waals surface area contributed by atoms with Gasteiger partial charge in [0.1, 0.15) is 0 Å². The lowest BCUT2D eigenvalue weighted by atomic mass is 9.42. The highest BCUT2D eigenvalue weighted by Crippen LogP contribution is 2.69. The third-order valence-corrected chi connectivity index (χ3v) is 12.0. The quantitative estimate of drug-likeness (QED) is 0.250. The molecule has 0 aromatic heterocycles. The van der Waals surface area contributed by atoms with Crippen LogP contribution in [-0.2, 0) is 14.6 Å². The highest BCUT2D eigenvalue weighted by atomic mass is 32.3. The standard InChI is InChI=1S/C27H48O9S/c1-15(14-28)6-5-7-16(2)21-23(30)24(31)22-18-12-20(29)27(32)13-17(36-37(33,34)35)8-11-26(27,4)19(18)9-10-25(21,22)3/h15-24,28-32H,5-14H2,1-4H3,(H,33,34,35). The number of fused-ring (bicyclic) bond motifs is 5. The van der Waals surface area contributed by atoms with E-state index in [1.54, 1.807) is 0 Å². The van der Waals surface area contributed by atoms with Crippen LogP contribution in [0.1, 0.15) is 85.5 Å². The summed E-state index contributed by atoms with van der Waals surface area (Å²) in [6.07, 6.45) is 1.45. The summed E-state index contributed by atoms with van der Waals surface area (Å²) in [7, 11) is -4.68. The SMILES string of the molecule is CC(CO)CCCC(C)C1C(O)C(O)C2C3CC(O)C4(O)CC(OS(=O)(=O)O)CCC4(C)C3CCC12C. The molecule has 0 radical (unpaired) electrons. The molecule has 13 unspecified atom stereocenters. The highest BCUT2D eigenvalue weighted by molar-refractivity contribution is 7.80. The lowest BCUT2D eigenvalue weighted by Gasteiger charge is -2.65. The Morgan fingerprint density at radius 1 is 1.03 bits per heavy atom. The van der Waals surface area contributed by atoms with Crippen molar-refractivity contribution in [1.29, 1.82) is 0 Å². The molecule has 10 heteroatoms. The molecule has 0 aromatic rings. The molecule has 0 aromatic carbocycles. The predicted molar refractivity (Wildman–Crippen MR) is 137 cm³/mol. The summed E-state index contributed by atoms with van der Waals surface area (Å²) in [6, 6.07) is 0. The van der Waals surface area contributed by atoms with Gasteiger partial charge >= 0.3 is 10.4 Å². The molecule has 0 aliphatic heterocycles. The Morgan fingerprint density at radius 3 is 2.32 bits per heavy atom. The van der Waals surface area contributed by atoms with Gasteiger partial charge in [-0.1, -0.05) is 40.5 Å². The second-order valence-corrected chi connectivity index (χ2v) is 14.6. The Morgan fingerprint density at radius 2 is 1.70 bits per heavy atom. The van der Waals surface area contributed by atoms with Crippen LogP contribution in [0.4, 0.5) is 0 Å². The summed E-state index contributed by atoms with van der Waals surface area (Å²) in [5.74, 6) is 0.0409. The first-order chi connectivity index (χ1) is 17.1. The third kappa shape index (κ3) is 4.92. The third-order valence-electron chi connectivity index (χ3n) is 11.5. The van der Waals surface area contributed by atoms with Crippen LogP contribution < -0.4 is 0 Å². The van der Waals surface area contributed by atoms with Crippen LogP contribution in [0.5, 0.6) is 0 Å². The molecule has 6 N–H and O–H groups in total. The molecule has 13 atom stereocenters. The van der Waals surface area contributed by atoms with Gasteiger partial charge in [-0.3, -0.25) is 4.55 Å². The maximum atomic E-state index is 11.8. The van der Waals surface area contributed by atoms with E-state index < -0.39 is 45.8 Å². The topological polar surface area (TPSA) is 165 Å². The molecule has 0 amide bonds. The van der Waals surface area contributed by atoms with Crippen LogP contribution in [0.15, 0.2) is 0 Å². The van der Waals surface area contributed by atoms with Crippen molar-refractivity contribution in [3.63, 3.8) is 0 Å². The van der Waals surface area contributed by atoms with E-state index in [2.05, 4.69) is 13.8 Å². The summed E-state index contributed by atoms with van der Waals surface area (Å²) in [6.45, 7) is 8.47. The monoisotopic (exact) mass is 548 g/mol. The Labute approximate surface area is 221 Å². The van der Waals surface area contributed by atoms with Crippen molar-refractivity contribution < 1.29 is 42.7 Å². The molecular weight excluding hydrogens is 500 g/mol. The minimum absolute atomic E-state index is 0.00744. The second-order valence-electron chi connectivity index (χ2n) is 13.5. The zero-order valence-corrected chi connectivity index (χ0v) is 23.5. The summed E-state index contributed by atoms with van der Waals surface area (Å²) in [5.41, 5.74) is -2.60. The Bertz CT molecular complexity index is 929. The first-order valence-electron chi connectivity index (χ1n) is 14.1. The van der Waals surface area contributed by atoms with Crippen molar-refractivity contribution in [3.8, 4) is 0 Å². The molecule has 37 heavy (non-hydrogen) atoms. The van der Waals surface area contributed by atoms with Crippen molar-refractivity contribution >= 4 is 10.4 Å². The Balaban J connectivity index is 1.57. The van der Waals surface area contributed by atoms with E-state index in [9.17, 15) is 34.0 Å². The van der Waals surface area contributed by atoms with Crippen molar-refractivity contribution in [2.45, 2.75) is 115 Å². The van der Waals surface area contributed by atoms with E-state index in [1.165, 1.54) is 0 Å². The fourth-order valence-corrected chi connectivity index (χ4v) is 10.2. The first kappa shape index (κ1) is 29.6. The molecule has 0 bridgehead atoms. The summed E-state index contributed by atoms with van der Waals surface area (Å²) < 4.78 is 36.6. The van der Waals surface area contributed by atoms with Crippen molar-refractivity contribution in [2.75, 3.05) is 6.61 Å². The maximum absolute atomic E-state index is 11.8. The van der Waals surface area contributed by atoms with Gasteiger partial charge in [0.05, 0.1) is 30.0 Å². The van der Waals surface area contributed by atoms with Gasteiger partial charge in [-0.2, -0.15) is 8.42 Å². The minimum atomic E-state index is -4.68. The fraction of sp³-hybridized carbons (Fsp3) is 1.00. The molecule has 4 saturated carbocycles. The zero-order chi connectivity index (χ0) is 27.6. The van der Waals surface area contributed by atoms with Crippen LogP contribution in [0.2, 0.25) is 0 Å². The number of aliphatic hydroxyl groups excluding tert-OH is 4. The summed E-state index contributed by atoms with van der Waals surface area (Å²) >= 11 is 0. The molecule has 4 rings (SSSR count). The van der Waals surface area contributed by atoms with Crippen LogP contribution in [0.3, 0.4) is 0 Å². The smallest absolute Gasteiger partial charge is 0.396 e. The number of rotatable bonds is 8. The van der Waals surface area contributed by atoms with E-state index in [4.69, 9.17) is 8.74 Å². The lowest BCUT2D eigenvalue weighted by molar-refractivity contribution is -0.266. The van der Waals surface area contributed by atoms with Crippen molar-refractivity contribution in [1.82, 2.24) is 0 Å². The van der Waals surface area contributed by atoms with Crippen molar-refractivity contribution in [3.05, 3.63) is 0 Å². The Hall–Kier alpha value is -0.330. The van der Waals surface area contributed by atoms with Gasteiger partial charge in [0, 0.05) is 18.4 Å². The Kier molecular flexibility index (Phi) is 8.21. The fourth-order valence-electron chi connectivity index (χ4n) is 9.67. The minimum Gasteiger partial charge on any atom is -0.396 e. The van der Waals surface area contributed by atoms with E-state index >= 15 is 0 Å². The lowest BCUT2D eigenvalue weighted by Crippen LogP contribution is -2.69. The molecule has 4 aliphatic rings. The van der Waals surface area contributed by atoms with E-state index in [-0.39, 0.29) is 60.4 Å². The van der Waals surface area contributed by atoms with Gasteiger partial charge in [-0.25, -0.2) is 4.18 Å². The zero-order valence-electron chi connectivity index (χ0n) is 22.7. The summed E-state index contributed by atoms with van der Waals surface area (Å²) in [5, 5.41) is 55.2. The molecule has 216 valence electrons. The average molecular weight is 549 g/mol. The molecule has 4 fully saturated rings. The predicted octanol–water partition coefficient (Wildman–Crippen LogP) is 2.30. The molecule has 0 spiro atoms. The van der Waals surface area contributed by atoms with Gasteiger partial charge in [-0.05, 0) is 79.4 Å². The van der Waals surface area contributed by atoms with E-state index in [0.717, 1.165) is 32.1 Å². The largest absolute Gasteiger partial charge is 0.397 e. The number of hydrogen-bond acceptors (Lipinski definition) is 8. The van der Waals surface area contributed by atoms with Crippen molar-refractivity contribution in [2.24, 2.45) is 46.3 Å². The van der Waals surface area contributed by atoms with Gasteiger partial charge in [0.2, 0.25) is 0 Å². The summed E-state index contributed by atoms with van der Waals surface area (Å²) in [4.78, 5) is 0. The number of hydrogen-bond donors (Lipinski definition) is 6. The van der Waals surface area contributed by atoms with E-state index in [1.807, 2.05) is 13.8 Å². The molecule has 0 heterocycles. The van der Waals surface area contributed by atoms with Crippen LogP contribution in [0.25, 0.3) is 0 Å². The van der Waals surface area contributed by atoms with Crippen LogP contribution in [-0.4, -0.2) is 75.1 Å². The molecule has 4 aliphatic carbocycles. The normalized spacial score (nSPS) is 49.6. The maximum Gasteiger partial charge on any atom is 0.397 e. The highest BCUT2D eigenvalue weighted by Gasteiger charge is 2.70. The van der Waals surface area contributed by atoms with Crippen LogP contribution in [0, 0.1) is 46.3 Å². The van der Waals surface area contributed by atoms with E-state index in [0.29, 0.717) is 12.8 Å². The first-order valence-corrected chi connectivity index (χ1v) is 15.5. The van der Waals surface area contributed by atoms with Gasteiger partial charge in [0.25, 0.3) is 0 Å². The van der Waals surface area contributed by atoms with Gasteiger partial charge in [-0.15, -0.1) is 0 Å². The molecular formula is C27H48O9S. The molecule has 0 saturated heterocycles. The van der Waals surface area contributed by atoms with Gasteiger partial charge < -0.3 is 25.5 Å².